The molecule has 2 aromatic rings. The third-order valence-corrected chi connectivity index (χ3v) is 4.97. The van der Waals surface area contributed by atoms with Crippen molar-refractivity contribution in [3.63, 3.8) is 0 Å². The molecule has 5 nitrogen and oxygen atoms in total. The third-order valence-electron chi connectivity index (χ3n) is 2.99. The molecule has 124 valence electrons. The second-order valence-corrected chi connectivity index (χ2v) is 7.97. The monoisotopic (exact) mass is 351 g/mol. The van der Waals surface area contributed by atoms with Crippen LogP contribution >= 0.6 is 23.1 Å². The third kappa shape index (κ3) is 5.51. The summed E-state index contributed by atoms with van der Waals surface area (Å²) < 4.78 is 6.24. The number of ether oxygens (including phenoxy) is 1. The summed E-state index contributed by atoms with van der Waals surface area (Å²) in [7, 11) is 1.82. The average molecular weight is 351 g/mol. The van der Waals surface area contributed by atoms with E-state index in [-0.39, 0.29) is 17.3 Å². The molecule has 23 heavy (non-hydrogen) atoms. The van der Waals surface area contributed by atoms with Crippen LogP contribution in [0.1, 0.15) is 26.3 Å². The van der Waals surface area contributed by atoms with E-state index in [9.17, 15) is 4.79 Å². The Morgan fingerprint density at radius 3 is 2.61 bits per heavy atom. The highest BCUT2D eigenvalue weighted by Crippen LogP contribution is 2.31. The SMILES string of the molecule is CC(C)Oc1nnc(S[C@@H](C)C(=O)N(C)Cc2ccccc2)s1. The van der Waals surface area contributed by atoms with E-state index in [2.05, 4.69) is 10.2 Å². The number of benzene rings is 1. The van der Waals surface area contributed by atoms with Crippen LogP contribution in [0, 0.1) is 0 Å². The van der Waals surface area contributed by atoms with E-state index in [4.69, 9.17) is 4.74 Å². The molecule has 0 aliphatic heterocycles. The standard InChI is InChI=1S/C16H21N3O2S2/c1-11(2)21-15-17-18-16(23-15)22-12(3)14(20)19(4)10-13-8-6-5-7-9-13/h5-9,11-12H,10H2,1-4H3/t12-/m0/s1. The first-order valence-corrected chi connectivity index (χ1v) is 9.11. The van der Waals surface area contributed by atoms with Gasteiger partial charge in [0.15, 0.2) is 4.34 Å². The number of aromatic nitrogens is 2. The van der Waals surface area contributed by atoms with Crippen molar-refractivity contribution in [3.8, 4) is 5.19 Å². The van der Waals surface area contributed by atoms with Crippen molar-refractivity contribution in [3.05, 3.63) is 35.9 Å². The van der Waals surface area contributed by atoms with Crippen molar-refractivity contribution in [2.75, 3.05) is 7.05 Å². The molecule has 1 amide bonds. The molecule has 0 spiro atoms. The van der Waals surface area contributed by atoms with Crippen molar-refractivity contribution < 1.29 is 9.53 Å². The second kappa shape index (κ2) is 8.31. The van der Waals surface area contributed by atoms with Crippen LogP contribution in [0.3, 0.4) is 0 Å². The summed E-state index contributed by atoms with van der Waals surface area (Å²) in [5.74, 6) is 0.0698. The normalized spacial score (nSPS) is 12.2. The van der Waals surface area contributed by atoms with E-state index < -0.39 is 0 Å². The lowest BCUT2D eigenvalue weighted by molar-refractivity contribution is -0.129. The zero-order valence-electron chi connectivity index (χ0n) is 13.7. The molecule has 1 atom stereocenters. The summed E-state index contributed by atoms with van der Waals surface area (Å²) in [6.45, 7) is 6.37. The van der Waals surface area contributed by atoms with E-state index >= 15 is 0 Å². The van der Waals surface area contributed by atoms with E-state index in [1.54, 1.807) is 4.90 Å². The predicted octanol–water partition coefficient (Wildman–Crippen LogP) is 3.46. The van der Waals surface area contributed by atoms with E-state index in [1.165, 1.54) is 23.1 Å². The molecule has 0 aliphatic carbocycles. The minimum Gasteiger partial charge on any atom is -0.466 e. The van der Waals surface area contributed by atoms with Crippen LogP contribution in [0.5, 0.6) is 5.19 Å². The molecule has 0 saturated carbocycles. The van der Waals surface area contributed by atoms with Crippen molar-refractivity contribution >= 4 is 29.0 Å². The summed E-state index contributed by atoms with van der Waals surface area (Å²) >= 11 is 2.78. The number of rotatable bonds is 7. The lowest BCUT2D eigenvalue weighted by atomic mass is 10.2. The Bertz CT molecular complexity index is 631. The van der Waals surface area contributed by atoms with Gasteiger partial charge >= 0.3 is 0 Å². The van der Waals surface area contributed by atoms with Crippen LogP contribution in [0.15, 0.2) is 34.7 Å². The van der Waals surface area contributed by atoms with Gasteiger partial charge in [0.05, 0.1) is 11.4 Å². The molecular weight excluding hydrogens is 330 g/mol. The van der Waals surface area contributed by atoms with Crippen molar-refractivity contribution in [2.45, 2.75) is 43.0 Å². The van der Waals surface area contributed by atoms with Gasteiger partial charge in [0.2, 0.25) is 5.91 Å². The Balaban J connectivity index is 1.90. The minimum absolute atomic E-state index is 0.0665. The lowest BCUT2D eigenvalue weighted by Crippen LogP contribution is -2.32. The molecule has 1 aromatic carbocycles. The fraction of sp³-hybridized carbons (Fsp3) is 0.438. The number of hydrogen-bond donors (Lipinski definition) is 0. The lowest BCUT2D eigenvalue weighted by Gasteiger charge is -2.20. The molecule has 0 radical (unpaired) electrons. The van der Waals surface area contributed by atoms with Gasteiger partial charge in [-0.25, -0.2) is 0 Å². The molecule has 1 aromatic heterocycles. The number of carbonyl (C=O) groups is 1. The second-order valence-electron chi connectivity index (χ2n) is 5.44. The number of amides is 1. The number of thioether (sulfide) groups is 1. The maximum absolute atomic E-state index is 12.5. The highest BCUT2D eigenvalue weighted by Gasteiger charge is 2.21. The van der Waals surface area contributed by atoms with Gasteiger partial charge in [0, 0.05) is 13.6 Å². The van der Waals surface area contributed by atoms with Gasteiger partial charge in [-0.2, -0.15) is 0 Å². The zero-order chi connectivity index (χ0) is 16.8. The molecular formula is C16H21N3O2S2. The largest absolute Gasteiger partial charge is 0.466 e. The molecule has 7 heteroatoms. The fourth-order valence-electron chi connectivity index (χ4n) is 1.94. The summed E-state index contributed by atoms with van der Waals surface area (Å²) in [6, 6.07) is 9.95. The minimum atomic E-state index is -0.219. The molecule has 0 saturated heterocycles. The van der Waals surface area contributed by atoms with Crippen LogP contribution in [-0.4, -0.2) is 39.4 Å². The molecule has 0 unspecified atom stereocenters. The Morgan fingerprint density at radius 1 is 1.26 bits per heavy atom. The molecule has 0 fully saturated rings. The number of carbonyl (C=O) groups excluding carboxylic acids is 1. The van der Waals surface area contributed by atoms with Crippen LogP contribution < -0.4 is 4.74 Å². The van der Waals surface area contributed by atoms with Crippen molar-refractivity contribution in [1.29, 1.82) is 0 Å². The maximum atomic E-state index is 12.5. The quantitative estimate of drug-likeness (QED) is 0.715. The summed E-state index contributed by atoms with van der Waals surface area (Å²) in [4.78, 5) is 14.2. The summed E-state index contributed by atoms with van der Waals surface area (Å²) in [5.41, 5.74) is 1.11. The zero-order valence-corrected chi connectivity index (χ0v) is 15.4. The maximum Gasteiger partial charge on any atom is 0.295 e. The van der Waals surface area contributed by atoms with E-state index in [0.717, 1.165) is 9.90 Å². The Morgan fingerprint density at radius 2 is 1.96 bits per heavy atom. The van der Waals surface area contributed by atoms with Gasteiger partial charge in [0.25, 0.3) is 5.19 Å². The van der Waals surface area contributed by atoms with Crippen molar-refractivity contribution in [1.82, 2.24) is 15.1 Å². The van der Waals surface area contributed by atoms with Gasteiger partial charge < -0.3 is 9.64 Å². The van der Waals surface area contributed by atoms with Gasteiger partial charge in [-0.15, -0.1) is 5.10 Å². The molecule has 1 heterocycles. The number of hydrogen-bond acceptors (Lipinski definition) is 6. The van der Waals surface area contributed by atoms with Gasteiger partial charge in [0.1, 0.15) is 0 Å². The number of nitrogens with zero attached hydrogens (tertiary/aromatic N) is 3. The topological polar surface area (TPSA) is 55.3 Å². The highest BCUT2D eigenvalue weighted by atomic mass is 32.2. The predicted molar refractivity (Wildman–Crippen MR) is 93.9 cm³/mol. The van der Waals surface area contributed by atoms with Gasteiger partial charge in [-0.05, 0) is 37.7 Å². The first-order chi connectivity index (χ1) is 11.0. The smallest absolute Gasteiger partial charge is 0.295 e. The van der Waals surface area contributed by atoms with E-state index in [1.807, 2.05) is 58.2 Å². The fourth-order valence-corrected chi connectivity index (χ4v) is 4.00. The van der Waals surface area contributed by atoms with Crippen LogP contribution in [0.2, 0.25) is 0 Å². The van der Waals surface area contributed by atoms with Crippen LogP contribution in [0.4, 0.5) is 0 Å². The summed E-state index contributed by atoms with van der Waals surface area (Å²) in [5, 5.41) is 8.38. The average Bonchev–Trinajstić information content (AvgIpc) is 2.93. The molecule has 0 bridgehead atoms. The Hall–Kier alpha value is -1.60. The molecule has 0 N–H and O–H groups in total. The Kier molecular flexibility index (Phi) is 6.41. The molecule has 2 rings (SSSR count). The van der Waals surface area contributed by atoms with Gasteiger partial charge in [-0.1, -0.05) is 47.2 Å². The highest BCUT2D eigenvalue weighted by molar-refractivity contribution is 8.02. The first kappa shape index (κ1) is 17.7. The van der Waals surface area contributed by atoms with Crippen molar-refractivity contribution in [2.24, 2.45) is 0 Å². The van der Waals surface area contributed by atoms with Crippen LogP contribution in [-0.2, 0) is 11.3 Å². The molecule has 0 aliphatic rings. The van der Waals surface area contributed by atoms with Crippen LogP contribution in [0.25, 0.3) is 0 Å². The summed E-state index contributed by atoms with van der Waals surface area (Å²) in [6.07, 6.45) is 0.0665. The van der Waals surface area contributed by atoms with E-state index in [0.29, 0.717) is 11.7 Å². The first-order valence-electron chi connectivity index (χ1n) is 7.41. The Labute approximate surface area is 145 Å². The van der Waals surface area contributed by atoms with Gasteiger partial charge in [-0.3, -0.25) is 4.79 Å².